The maximum atomic E-state index is 13.0. The summed E-state index contributed by atoms with van der Waals surface area (Å²) in [6, 6.07) is 0. The lowest BCUT2D eigenvalue weighted by Gasteiger charge is -2.36. The Morgan fingerprint density at radius 1 is 1.48 bits per heavy atom. The van der Waals surface area contributed by atoms with Crippen LogP contribution in [-0.4, -0.2) is 46.8 Å². The van der Waals surface area contributed by atoms with Crippen molar-refractivity contribution in [2.24, 2.45) is 13.0 Å². The Morgan fingerprint density at radius 3 is 2.48 bits per heavy atom. The molecule has 2 atom stereocenters. The first-order chi connectivity index (χ1) is 9.65. The van der Waals surface area contributed by atoms with Gasteiger partial charge in [0, 0.05) is 14.1 Å². The van der Waals surface area contributed by atoms with Crippen LogP contribution in [0.15, 0.2) is 4.90 Å². The number of likely N-dealkylation sites (N-methyl/N-ethyl adjacent to an activating group) is 1. The van der Waals surface area contributed by atoms with Gasteiger partial charge in [-0.25, -0.2) is 8.42 Å². The van der Waals surface area contributed by atoms with Gasteiger partial charge in [0.05, 0.1) is 23.5 Å². The summed E-state index contributed by atoms with van der Waals surface area (Å²) in [6.07, 6.45) is 2.32. The zero-order valence-corrected chi connectivity index (χ0v) is 14.2. The standard InChI is InChI=1S/C14H25N3O3S/c1-10-6-7-14(8-10,9-18)17(5)21(19,20)13-11(2)15-16(4)12(13)3/h10,18H,6-9H2,1-5H3/t10-,14+/m0/s1. The van der Waals surface area contributed by atoms with Gasteiger partial charge in [-0.15, -0.1) is 0 Å². The second-order valence-electron chi connectivity index (χ2n) is 6.33. The Labute approximate surface area is 126 Å². The van der Waals surface area contributed by atoms with E-state index in [4.69, 9.17) is 0 Å². The number of aromatic nitrogens is 2. The molecule has 1 aliphatic carbocycles. The molecule has 1 aliphatic rings. The van der Waals surface area contributed by atoms with Crippen molar-refractivity contribution in [1.29, 1.82) is 0 Å². The van der Waals surface area contributed by atoms with E-state index in [1.54, 1.807) is 32.6 Å². The fourth-order valence-corrected chi connectivity index (χ4v) is 5.34. The molecule has 6 nitrogen and oxygen atoms in total. The number of hydrogen-bond acceptors (Lipinski definition) is 4. The number of nitrogens with zero attached hydrogens (tertiary/aromatic N) is 3. The molecule has 1 aromatic rings. The topological polar surface area (TPSA) is 75.4 Å². The van der Waals surface area contributed by atoms with Crippen LogP contribution >= 0.6 is 0 Å². The van der Waals surface area contributed by atoms with Crippen LogP contribution in [0.1, 0.15) is 37.6 Å². The molecule has 1 saturated carbocycles. The van der Waals surface area contributed by atoms with Crippen molar-refractivity contribution in [2.75, 3.05) is 13.7 Å². The predicted octanol–water partition coefficient (Wildman–Crippen LogP) is 1.21. The van der Waals surface area contributed by atoms with Crippen LogP contribution < -0.4 is 0 Å². The Morgan fingerprint density at radius 2 is 2.10 bits per heavy atom. The van der Waals surface area contributed by atoms with Crippen LogP contribution in [0, 0.1) is 19.8 Å². The minimum absolute atomic E-state index is 0.147. The fourth-order valence-electron chi connectivity index (χ4n) is 3.42. The van der Waals surface area contributed by atoms with Gasteiger partial charge >= 0.3 is 0 Å². The van der Waals surface area contributed by atoms with Crippen LogP contribution in [0.3, 0.4) is 0 Å². The highest BCUT2D eigenvalue weighted by molar-refractivity contribution is 7.89. The molecule has 2 rings (SSSR count). The molecule has 1 aromatic heterocycles. The monoisotopic (exact) mass is 315 g/mol. The van der Waals surface area contributed by atoms with Crippen molar-refractivity contribution in [2.45, 2.75) is 50.5 Å². The van der Waals surface area contributed by atoms with E-state index >= 15 is 0 Å². The Bertz CT molecular complexity index is 638. The summed E-state index contributed by atoms with van der Waals surface area (Å²) in [7, 11) is -0.351. The Hall–Kier alpha value is -0.920. The molecule has 0 unspecified atom stereocenters. The average molecular weight is 315 g/mol. The maximum Gasteiger partial charge on any atom is 0.247 e. The third-order valence-electron chi connectivity index (χ3n) is 4.85. The number of aliphatic hydroxyl groups excluding tert-OH is 1. The van der Waals surface area contributed by atoms with Gasteiger partial charge in [0.15, 0.2) is 0 Å². The molecule has 21 heavy (non-hydrogen) atoms. The lowest BCUT2D eigenvalue weighted by atomic mass is 9.98. The van der Waals surface area contributed by atoms with Gasteiger partial charge < -0.3 is 5.11 Å². The summed E-state index contributed by atoms with van der Waals surface area (Å²) in [6.45, 7) is 5.41. The SMILES string of the molecule is Cc1nn(C)c(C)c1S(=O)(=O)N(C)[C@]1(CO)CC[C@H](C)C1. The van der Waals surface area contributed by atoms with E-state index in [0.717, 1.165) is 6.42 Å². The number of aliphatic hydroxyl groups is 1. The van der Waals surface area contributed by atoms with Crippen LogP contribution in [0.4, 0.5) is 0 Å². The number of sulfonamides is 1. The summed E-state index contributed by atoms with van der Waals surface area (Å²) in [5.41, 5.74) is 0.437. The second-order valence-corrected chi connectivity index (χ2v) is 8.23. The van der Waals surface area contributed by atoms with E-state index in [1.807, 2.05) is 0 Å². The van der Waals surface area contributed by atoms with Gasteiger partial charge in [-0.3, -0.25) is 4.68 Å². The third kappa shape index (κ3) is 2.51. The predicted molar refractivity (Wildman–Crippen MR) is 80.5 cm³/mol. The summed E-state index contributed by atoms with van der Waals surface area (Å²) in [5.74, 6) is 0.422. The Balaban J connectivity index is 2.48. The van der Waals surface area contributed by atoms with Crippen LogP contribution in [0.25, 0.3) is 0 Å². The van der Waals surface area contributed by atoms with Crippen molar-refractivity contribution in [3.8, 4) is 0 Å². The molecule has 0 saturated heterocycles. The highest BCUT2D eigenvalue weighted by Crippen LogP contribution is 2.41. The van der Waals surface area contributed by atoms with Gasteiger partial charge in [0.2, 0.25) is 10.0 Å². The van der Waals surface area contributed by atoms with Crippen molar-refractivity contribution in [3.63, 3.8) is 0 Å². The smallest absolute Gasteiger partial charge is 0.247 e. The van der Waals surface area contributed by atoms with Gasteiger partial charge in [-0.1, -0.05) is 6.92 Å². The first kappa shape index (κ1) is 16.5. The molecule has 1 fully saturated rings. The van der Waals surface area contributed by atoms with E-state index in [2.05, 4.69) is 12.0 Å². The zero-order chi connectivity index (χ0) is 16.0. The van der Waals surface area contributed by atoms with Crippen molar-refractivity contribution in [1.82, 2.24) is 14.1 Å². The normalized spacial score (nSPS) is 26.7. The van der Waals surface area contributed by atoms with Gasteiger partial charge in [0.25, 0.3) is 0 Å². The molecule has 120 valence electrons. The molecule has 0 bridgehead atoms. The molecule has 7 heteroatoms. The average Bonchev–Trinajstić information content (AvgIpc) is 2.91. The van der Waals surface area contributed by atoms with Crippen molar-refractivity contribution < 1.29 is 13.5 Å². The van der Waals surface area contributed by atoms with E-state index in [1.165, 1.54) is 4.31 Å². The van der Waals surface area contributed by atoms with E-state index < -0.39 is 15.6 Å². The van der Waals surface area contributed by atoms with Crippen LogP contribution in [0.2, 0.25) is 0 Å². The number of rotatable bonds is 4. The molecule has 0 amide bonds. The minimum Gasteiger partial charge on any atom is -0.394 e. The lowest BCUT2D eigenvalue weighted by Crippen LogP contribution is -2.50. The molecule has 0 spiro atoms. The zero-order valence-electron chi connectivity index (χ0n) is 13.4. The van der Waals surface area contributed by atoms with E-state index in [0.29, 0.717) is 30.1 Å². The fraction of sp³-hybridized carbons (Fsp3) is 0.786. The Kier molecular flexibility index (Phi) is 4.21. The van der Waals surface area contributed by atoms with Gasteiger partial charge in [-0.2, -0.15) is 9.40 Å². The molecule has 0 aliphatic heterocycles. The summed E-state index contributed by atoms with van der Waals surface area (Å²) in [5, 5.41) is 14.0. The molecule has 1 N–H and O–H groups in total. The third-order valence-corrected chi connectivity index (χ3v) is 7.07. The summed E-state index contributed by atoms with van der Waals surface area (Å²) in [4.78, 5) is 0.264. The highest BCUT2D eigenvalue weighted by atomic mass is 32.2. The number of aryl methyl sites for hydroxylation is 2. The molecule has 0 radical (unpaired) electrons. The largest absolute Gasteiger partial charge is 0.394 e. The molecular weight excluding hydrogens is 290 g/mol. The number of hydrogen-bond donors (Lipinski definition) is 1. The summed E-state index contributed by atoms with van der Waals surface area (Å²) < 4.78 is 29.0. The summed E-state index contributed by atoms with van der Waals surface area (Å²) >= 11 is 0. The molecule has 1 heterocycles. The van der Waals surface area contributed by atoms with Crippen LogP contribution in [-0.2, 0) is 17.1 Å². The van der Waals surface area contributed by atoms with E-state index in [9.17, 15) is 13.5 Å². The first-order valence-electron chi connectivity index (χ1n) is 7.26. The highest BCUT2D eigenvalue weighted by Gasteiger charge is 2.46. The molecule has 0 aromatic carbocycles. The second kappa shape index (κ2) is 5.37. The quantitative estimate of drug-likeness (QED) is 0.906. The van der Waals surface area contributed by atoms with Gasteiger partial charge in [-0.05, 0) is 39.0 Å². The minimum atomic E-state index is -3.67. The van der Waals surface area contributed by atoms with Crippen molar-refractivity contribution in [3.05, 3.63) is 11.4 Å². The van der Waals surface area contributed by atoms with Gasteiger partial charge in [0.1, 0.15) is 4.90 Å². The molecular formula is C14H25N3O3S. The maximum absolute atomic E-state index is 13.0. The van der Waals surface area contributed by atoms with E-state index in [-0.39, 0.29) is 11.5 Å². The van der Waals surface area contributed by atoms with Crippen LogP contribution in [0.5, 0.6) is 0 Å². The first-order valence-corrected chi connectivity index (χ1v) is 8.70. The van der Waals surface area contributed by atoms with Crippen molar-refractivity contribution >= 4 is 10.0 Å². The lowest BCUT2D eigenvalue weighted by molar-refractivity contribution is 0.108.